The summed E-state index contributed by atoms with van der Waals surface area (Å²) >= 11 is 0. The molecular formula is C13H7F3N4O5. The van der Waals surface area contributed by atoms with Crippen LogP contribution in [0.3, 0.4) is 0 Å². The minimum absolute atomic E-state index is 0.321. The molecule has 1 aliphatic heterocycles. The summed E-state index contributed by atoms with van der Waals surface area (Å²) in [5.74, 6) is 0. The predicted molar refractivity (Wildman–Crippen MR) is 74.8 cm³/mol. The van der Waals surface area contributed by atoms with Crippen LogP contribution in [0.25, 0.3) is 5.70 Å². The Labute approximate surface area is 136 Å². The van der Waals surface area contributed by atoms with Gasteiger partial charge in [-0.2, -0.15) is 18.4 Å². The Bertz CT molecular complexity index is 869. The number of dihydropyridines is 1. The van der Waals surface area contributed by atoms with Crippen LogP contribution in [0.5, 0.6) is 0 Å². The lowest BCUT2D eigenvalue weighted by atomic mass is 9.95. The maximum atomic E-state index is 13.3. The fourth-order valence-corrected chi connectivity index (χ4v) is 2.25. The van der Waals surface area contributed by atoms with Gasteiger partial charge in [-0.25, -0.2) is 0 Å². The average Bonchev–Trinajstić information content (AvgIpc) is 2.52. The molecule has 0 spiro atoms. The second-order valence-electron chi connectivity index (χ2n) is 4.73. The minimum Gasteiger partial charge on any atom is -0.369 e. The summed E-state index contributed by atoms with van der Waals surface area (Å²) in [6.07, 6.45) is -7.47. The fraction of sp³-hybridized carbons (Fsp3) is 0.154. The van der Waals surface area contributed by atoms with Gasteiger partial charge >= 0.3 is 11.9 Å². The SMILES string of the molecule is N#CC1=C(C(F)(F)F)C([N+](=O)[O-])=C(c2cccc([N+](=O)[O-])c2)NC1O. The number of non-ortho nitro benzene ring substituents is 1. The number of hydrogen-bond acceptors (Lipinski definition) is 7. The quantitative estimate of drug-likeness (QED) is 0.621. The number of aliphatic hydroxyl groups excluding tert-OH is 1. The monoisotopic (exact) mass is 356 g/mol. The van der Waals surface area contributed by atoms with Crippen molar-refractivity contribution in [3.05, 3.63) is 66.9 Å². The van der Waals surface area contributed by atoms with Crippen LogP contribution in [0.2, 0.25) is 0 Å². The molecule has 1 aromatic carbocycles. The van der Waals surface area contributed by atoms with Crippen LogP contribution in [0.4, 0.5) is 18.9 Å². The van der Waals surface area contributed by atoms with Crippen molar-refractivity contribution in [3.63, 3.8) is 0 Å². The molecule has 1 heterocycles. The lowest BCUT2D eigenvalue weighted by Gasteiger charge is -2.25. The molecule has 0 saturated carbocycles. The Hall–Kier alpha value is -3.46. The number of nitrogens with zero attached hydrogens (tertiary/aromatic N) is 3. The zero-order chi connectivity index (χ0) is 18.9. The number of hydrogen-bond donors (Lipinski definition) is 2. The van der Waals surface area contributed by atoms with Crippen LogP contribution in [0, 0.1) is 31.6 Å². The molecule has 0 amide bonds. The first-order valence-corrected chi connectivity index (χ1v) is 6.37. The van der Waals surface area contributed by atoms with Crippen molar-refractivity contribution in [2.45, 2.75) is 12.4 Å². The van der Waals surface area contributed by atoms with E-state index in [4.69, 9.17) is 5.26 Å². The third kappa shape index (κ3) is 3.26. The molecule has 2 rings (SSSR count). The highest BCUT2D eigenvalue weighted by molar-refractivity contribution is 5.74. The number of allylic oxidation sites excluding steroid dienone is 1. The van der Waals surface area contributed by atoms with Crippen molar-refractivity contribution < 1.29 is 28.1 Å². The van der Waals surface area contributed by atoms with E-state index in [1.807, 2.05) is 5.32 Å². The van der Waals surface area contributed by atoms with E-state index in [2.05, 4.69) is 0 Å². The van der Waals surface area contributed by atoms with Gasteiger partial charge in [0, 0.05) is 17.7 Å². The standard InChI is InChI=1S/C13H7F3N4O5/c14-13(15,16)9-8(5-17)12(21)18-10(11(9)20(24)25)6-2-1-3-7(4-6)19(22)23/h1-4,12,18,21H. The van der Waals surface area contributed by atoms with Crippen LogP contribution in [0.15, 0.2) is 41.1 Å². The summed E-state index contributed by atoms with van der Waals surface area (Å²) in [4.78, 5) is 19.8. The molecule has 0 fully saturated rings. The van der Waals surface area contributed by atoms with Gasteiger partial charge in [0.15, 0.2) is 11.8 Å². The van der Waals surface area contributed by atoms with Crippen LogP contribution in [-0.4, -0.2) is 27.4 Å². The number of halogens is 3. The van der Waals surface area contributed by atoms with Gasteiger partial charge in [-0.05, 0) is 0 Å². The van der Waals surface area contributed by atoms with E-state index in [-0.39, 0.29) is 5.56 Å². The van der Waals surface area contributed by atoms with Crippen LogP contribution in [-0.2, 0) is 0 Å². The van der Waals surface area contributed by atoms with Crippen LogP contribution < -0.4 is 5.32 Å². The number of alkyl halides is 3. The Morgan fingerprint density at radius 3 is 2.36 bits per heavy atom. The number of nitro benzene ring substituents is 1. The Balaban J connectivity index is 2.84. The molecule has 0 aromatic heterocycles. The van der Waals surface area contributed by atoms with Crippen LogP contribution >= 0.6 is 0 Å². The molecule has 9 nitrogen and oxygen atoms in total. The normalized spacial score (nSPS) is 17.8. The van der Waals surface area contributed by atoms with E-state index < -0.39 is 50.5 Å². The number of nitrogens with one attached hydrogen (secondary N) is 1. The third-order valence-electron chi connectivity index (χ3n) is 3.23. The summed E-state index contributed by atoms with van der Waals surface area (Å²) in [6.45, 7) is 0. The van der Waals surface area contributed by atoms with Gasteiger partial charge in [0.1, 0.15) is 11.8 Å². The summed E-state index contributed by atoms with van der Waals surface area (Å²) in [6, 6.07) is 5.15. The molecular weight excluding hydrogens is 349 g/mol. The van der Waals surface area contributed by atoms with Gasteiger partial charge in [0.2, 0.25) is 0 Å². The van der Waals surface area contributed by atoms with Gasteiger partial charge in [0.05, 0.1) is 15.4 Å². The maximum Gasteiger partial charge on any atom is 0.424 e. The molecule has 1 atom stereocenters. The zero-order valence-electron chi connectivity index (χ0n) is 11.9. The maximum absolute atomic E-state index is 13.3. The molecule has 0 radical (unpaired) electrons. The lowest BCUT2D eigenvalue weighted by Crippen LogP contribution is -2.39. The number of benzene rings is 1. The predicted octanol–water partition coefficient (Wildman–Crippen LogP) is 1.84. The molecule has 0 aliphatic carbocycles. The first kappa shape index (κ1) is 17.9. The van der Waals surface area contributed by atoms with Crippen molar-refractivity contribution in [2.24, 2.45) is 0 Å². The minimum atomic E-state index is -5.30. The van der Waals surface area contributed by atoms with E-state index in [0.29, 0.717) is 0 Å². The molecule has 25 heavy (non-hydrogen) atoms. The van der Waals surface area contributed by atoms with Crippen molar-refractivity contribution >= 4 is 11.4 Å². The topological polar surface area (TPSA) is 142 Å². The summed E-state index contributed by atoms with van der Waals surface area (Å²) < 4.78 is 39.8. The first-order chi connectivity index (χ1) is 11.6. The molecule has 0 saturated heterocycles. The molecule has 1 aromatic rings. The largest absolute Gasteiger partial charge is 0.424 e. The van der Waals surface area contributed by atoms with E-state index in [9.17, 15) is 38.5 Å². The van der Waals surface area contributed by atoms with Gasteiger partial charge in [-0.3, -0.25) is 20.2 Å². The second kappa shape index (κ2) is 6.21. The van der Waals surface area contributed by atoms with Crippen LogP contribution in [0.1, 0.15) is 5.56 Å². The van der Waals surface area contributed by atoms with Gasteiger partial charge in [-0.15, -0.1) is 0 Å². The first-order valence-electron chi connectivity index (χ1n) is 6.37. The van der Waals surface area contributed by atoms with Gasteiger partial charge in [-0.1, -0.05) is 12.1 Å². The zero-order valence-corrected chi connectivity index (χ0v) is 11.9. The van der Waals surface area contributed by atoms with Gasteiger partial charge < -0.3 is 10.4 Å². The highest BCUT2D eigenvalue weighted by Crippen LogP contribution is 2.40. The lowest BCUT2D eigenvalue weighted by molar-refractivity contribution is -0.423. The number of rotatable bonds is 3. The molecule has 12 heteroatoms. The average molecular weight is 356 g/mol. The van der Waals surface area contributed by atoms with Crippen molar-refractivity contribution in [3.8, 4) is 6.07 Å². The molecule has 130 valence electrons. The third-order valence-corrected chi connectivity index (χ3v) is 3.23. The smallest absolute Gasteiger partial charge is 0.369 e. The highest BCUT2D eigenvalue weighted by atomic mass is 19.4. The molecule has 1 unspecified atom stereocenters. The summed E-state index contributed by atoms with van der Waals surface area (Å²) in [5.41, 5.74) is -6.31. The van der Waals surface area contributed by atoms with Crippen molar-refractivity contribution in [2.75, 3.05) is 0 Å². The van der Waals surface area contributed by atoms with E-state index in [1.165, 1.54) is 0 Å². The highest BCUT2D eigenvalue weighted by Gasteiger charge is 2.50. The van der Waals surface area contributed by atoms with E-state index in [0.717, 1.165) is 30.3 Å². The molecule has 1 aliphatic rings. The number of nitriles is 1. The van der Waals surface area contributed by atoms with Crippen molar-refractivity contribution in [1.29, 1.82) is 5.26 Å². The Morgan fingerprint density at radius 2 is 1.88 bits per heavy atom. The van der Waals surface area contributed by atoms with Gasteiger partial charge in [0.25, 0.3) is 5.69 Å². The van der Waals surface area contributed by atoms with E-state index in [1.54, 1.807) is 0 Å². The van der Waals surface area contributed by atoms with Crippen molar-refractivity contribution in [1.82, 2.24) is 5.32 Å². The number of aliphatic hydroxyl groups is 1. The summed E-state index contributed by atoms with van der Waals surface area (Å²) in [5, 5.41) is 42.6. The van der Waals surface area contributed by atoms with E-state index >= 15 is 0 Å². The summed E-state index contributed by atoms with van der Waals surface area (Å²) in [7, 11) is 0. The molecule has 2 N–H and O–H groups in total. The fourth-order valence-electron chi connectivity index (χ4n) is 2.25. The molecule has 0 bridgehead atoms. The second-order valence-corrected chi connectivity index (χ2v) is 4.73. The number of nitro groups is 2. The Morgan fingerprint density at radius 1 is 1.24 bits per heavy atom. The Kier molecular flexibility index (Phi) is 4.44.